The van der Waals surface area contributed by atoms with Gasteiger partial charge in [0.05, 0.1) is 13.0 Å². The van der Waals surface area contributed by atoms with Crippen molar-refractivity contribution in [2.75, 3.05) is 44.8 Å². The van der Waals surface area contributed by atoms with E-state index in [1.54, 1.807) is 7.11 Å². The molecule has 28 heavy (non-hydrogen) atoms. The Morgan fingerprint density at radius 3 is 2.64 bits per heavy atom. The average molecular weight is 380 g/mol. The minimum absolute atomic E-state index is 0.119. The third kappa shape index (κ3) is 3.53. The molecule has 0 aliphatic carbocycles. The van der Waals surface area contributed by atoms with Crippen LogP contribution in [0.1, 0.15) is 16.7 Å². The first kappa shape index (κ1) is 18.7. The molecule has 5 nitrogen and oxygen atoms in total. The number of hydrogen-bond acceptors (Lipinski definition) is 4. The maximum Gasteiger partial charge on any atom is 0.229 e. The molecule has 1 saturated heterocycles. The Morgan fingerprint density at radius 2 is 1.89 bits per heavy atom. The highest BCUT2D eigenvalue weighted by atomic mass is 16.5. The molecule has 1 amide bonds. The molecule has 2 aliphatic heterocycles. The van der Waals surface area contributed by atoms with Crippen LogP contribution in [0.4, 0.5) is 5.69 Å². The molecular formula is C23H28N2O3. The summed E-state index contributed by atoms with van der Waals surface area (Å²) in [7, 11) is 1.66. The summed E-state index contributed by atoms with van der Waals surface area (Å²) in [4.78, 5) is 17.5. The van der Waals surface area contributed by atoms with Crippen LogP contribution in [0.15, 0.2) is 36.4 Å². The Kier molecular flexibility index (Phi) is 5.16. The first-order valence-corrected chi connectivity index (χ1v) is 9.96. The summed E-state index contributed by atoms with van der Waals surface area (Å²) in [6.07, 6.45) is 0.711. The van der Waals surface area contributed by atoms with Gasteiger partial charge in [-0.15, -0.1) is 0 Å². The number of carbonyl (C=O) groups is 1. The molecule has 1 fully saturated rings. The fraction of sp³-hybridized carbons (Fsp3) is 0.435. The van der Waals surface area contributed by atoms with Crippen LogP contribution in [-0.2, 0) is 11.2 Å². The molecule has 148 valence electrons. The van der Waals surface area contributed by atoms with Crippen molar-refractivity contribution >= 4 is 11.6 Å². The number of aryl methyl sites for hydroxylation is 1. The van der Waals surface area contributed by atoms with E-state index in [1.807, 2.05) is 23.1 Å². The standard InChI is InChI=1S/C23H28N2O3/c1-16-5-4-6-21(17(16)2)24-9-11-25(12-10-24)23(26)19-13-18-14-20(27-3)7-8-22(18)28-15-19/h4-8,14,19H,9-13,15H2,1-3H3. The van der Waals surface area contributed by atoms with Crippen LogP contribution >= 0.6 is 0 Å². The first-order chi connectivity index (χ1) is 13.6. The van der Waals surface area contributed by atoms with Gasteiger partial charge >= 0.3 is 0 Å². The Hall–Kier alpha value is -2.69. The minimum atomic E-state index is -0.119. The molecular weight excluding hydrogens is 352 g/mol. The largest absolute Gasteiger partial charge is 0.497 e. The van der Waals surface area contributed by atoms with Crippen LogP contribution in [0.5, 0.6) is 11.5 Å². The molecule has 1 unspecified atom stereocenters. The highest BCUT2D eigenvalue weighted by Crippen LogP contribution is 2.32. The number of methoxy groups -OCH3 is 1. The van der Waals surface area contributed by atoms with Crippen LogP contribution in [0.3, 0.4) is 0 Å². The molecule has 0 saturated carbocycles. The van der Waals surface area contributed by atoms with E-state index < -0.39 is 0 Å². The van der Waals surface area contributed by atoms with E-state index in [1.165, 1.54) is 16.8 Å². The number of piperazine rings is 1. The van der Waals surface area contributed by atoms with Crippen molar-refractivity contribution in [3.8, 4) is 11.5 Å². The van der Waals surface area contributed by atoms with Gasteiger partial charge < -0.3 is 19.3 Å². The van der Waals surface area contributed by atoms with Crippen LogP contribution in [0.25, 0.3) is 0 Å². The van der Waals surface area contributed by atoms with E-state index in [-0.39, 0.29) is 11.8 Å². The van der Waals surface area contributed by atoms with Crippen LogP contribution in [0, 0.1) is 19.8 Å². The lowest BCUT2D eigenvalue weighted by Gasteiger charge is -2.39. The number of ether oxygens (including phenoxy) is 2. The van der Waals surface area contributed by atoms with Gasteiger partial charge in [-0.05, 0) is 61.2 Å². The van der Waals surface area contributed by atoms with E-state index in [0.29, 0.717) is 13.0 Å². The molecule has 1 atom stereocenters. The van der Waals surface area contributed by atoms with Crippen LogP contribution in [0.2, 0.25) is 0 Å². The van der Waals surface area contributed by atoms with E-state index in [9.17, 15) is 4.79 Å². The van der Waals surface area contributed by atoms with Crippen molar-refractivity contribution < 1.29 is 14.3 Å². The van der Waals surface area contributed by atoms with Gasteiger partial charge in [0.2, 0.25) is 5.91 Å². The molecule has 0 aromatic heterocycles. The average Bonchev–Trinajstić information content (AvgIpc) is 2.74. The minimum Gasteiger partial charge on any atom is -0.497 e. The van der Waals surface area contributed by atoms with Gasteiger partial charge in [0, 0.05) is 31.9 Å². The van der Waals surface area contributed by atoms with E-state index in [0.717, 1.165) is 43.2 Å². The Balaban J connectivity index is 1.40. The van der Waals surface area contributed by atoms with Crippen molar-refractivity contribution in [3.05, 3.63) is 53.1 Å². The molecule has 2 aliphatic rings. The molecule has 0 N–H and O–H groups in total. The van der Waals surface area contributed by atoms with Gasteiger partial charge in [0.1, 0.15) is 18.1 Å². The maximum atomic E-state index is 13.1. The number of amides is 1. The summed E-state index contributed by atoms with van der Waals surface area (Å²) < 4.78 is 11.2. The molecule has 2 heterocycles. The van der Waals surface area contributed by atoms with Crippen molar-refractivity contribution in [1.82, 2.24) is 4.90 Å². The smallest absolute Gasteiger partial charge is 0.229 e. The normalized spacial score (nSPS) is 19.0. The summed E-state index contributed by atoms with van der Waals surface area (Å²) in [5.74, 6) is 1.75. The molecule has 0 spiro atoms. The van der Waals surface area contributed by atoms with Gasteiger partial charge in [-0.2, -0.15) is 0 Å². The first-order valence-electron chi connectivity index (χ1n) is 9.96. The highest BCUT2D eigenvalue weighted by molar-refractivity contribution is 5.80. The number of anilines is 1. The fourth-order valence-electron chi connectivity index (χ4n) is 4.16. The molecule has 2 aromatic rings. The summed E-state index contributed by atoms with van der Waals surface area (Å²) in [6, 6.07) is 12.2. The lowest BCUT2D eigenvalue weighted by Crippen LogP contribution is -2.51. The highest BCUT2D eigenvalue weighted by Gasteiger charge is 2.31. The predicted molar refractivity (Wildman–Crippen MR) is 110 cm³/mol. The molecule has 5 heteroatoms. The van der Waals surface area contributed by atoms with Crippen LogP contribution in [-0.4, -0.2) is 50.7 Å². The zero-order chi connectivity index (χ0) is 19.7. The Bertz CT molecular complexity index is 872. The van der Waals surface area contributed by atoms with Crippen LogP contribution < -0.4 is 14.4 Å². The third-order valence-electron chi connectivity index (χ3n) is 6.03. The number of fused-ring (bicyclic) bond motifs is 1. The van der Waals surface area contributed by atoms with Crippen molar-refractivity contribution in [3.63, 3.8) is 0 Å². The Labute approximate surface area is 166 Å². The van der Waals surface area contributed by atoms with Gasteiger partial charge in [-0.1, -0.05) is 12.1 Å². The number of carbonyl (C=O) groups excluding carboxylic acids is 1. The predicted octanol–water partition coefficient (Wildman–Crippen LogP) is 3.21. The van der Waals surface area contributed by atoms with E-state index in [2.05, 4.69) is 36.9 Å². The zero-order valence-corrected chi connectivity index (χ0v) is 16.9. The number of nitrogens with zero attached hydrogens (tertiary/aromatic N) is 2. The number of benzene rings is 2. The molecule has 0 bridgehead atoms. The summed E-state index contributed by atoms with van der Waals surface area (Å²) >= 11 is 0. The second-order valence-electron chi connectivity index (χ2n) is 7.72. The number of hydrogen-bond donors (Lipinski definition) is 0. The zero-order valence-electron chi connectivity index (χ0n) is 16.9. The second kappa shape index (κ2) is 7.74. The Morgan fingerprint density at radius 1 is 1.11 bits per heavy atom. The second-order valence-corrected chi connectivity index (χ2v) is 7.72. The van der Waals surface area contributed by atoms with Crippen molar-refractivity contribution in [1.29, 1.82) is 0 Å². The maximum absolute atomic E-state index is 13.1. The van der Waals surface area contributed by atoms with Gasteiger partial charge in [-0.25, -0.2) is 0 Å². The van der Waals surface area contributed by atoms with E-state index in [4.69, 9.17) is 9.47 Å². The summed E-state index contributed by atoms with van der Waals surface area (Å²) in [5, 5.41) is 0. The monoisotopic (exact) mass is 380 g/mol. The lowest BCUT2D eigenvalue weighted by atomic mass is 9.95. The lowest BCUT2D eigenvalue weighted by molar-refractivity contribution is -0.137. The van der Waals surface area contributed by atoms with Gasteiger partial charge in [0.15, 0.2) is 0 Å². The molecule has 2 aromatic carbocycles. The van der Waals surface area contributed by atoms with Crippen molar-refractivity contribution in [2.45, 2.75) is 20.3 Å². The topological polar surface area (TPSA) is 42.0 Å². The molecule has 4 rings (SSSR count). The molecule has 0 radical (unpaired) electrons. The SMILES string of the molecule is COc1ccc2c(c1)CC(C(=O)N1CCN(c3cccc(C)c3C)CC1)CO2. The van der Waals surface area contributed by atoms with Crippen molar-refractivity contribution in [2.24, 2.45) is 5.92 Å². The van der Waals surface area contributed by atoms with Gasteiger partial charge in [-0.3, -0.25) is 4.79 Å². The van der Waals surface area contributed by atoms with Gasteiger partial charge in [0.25, 0.3) is 0 Å². The third-order valence-corrected chi connectivity index (χ3v) is 6.03. The quantitative estimate of drug-likeness (QED) is 0.820. The van der Waals surface area contributed by atoms with E-state index >= 15 is 0 Å². The summed E-state index contributed by atoms with van der Waals surface area (Å²) in [6.45, 7) is 8.03. The number of rotatable bonds is 3. The summed E-state index contributed by atoms with van der Waals surface area (Å²) in [5.41, 5.74) is 4.98. The fourth-order valence-corrected chi connectivity index (χ4v) is 4.16.